The van der Waals surface area contributed by atoms with E-state index in [9.17, 15) is 0 Å². The Bertz CT molecular complexity index is 239. The zero-order valence-electron chi connectivity index (χ0n) is 10.5. The van der Waals surface area contributed by atoms with Gasteiger partial charge < -0.3 is 10.1 Å². The Hall–Kier alpha value is -0.0800. The fraction of sp³-hybridized carbons (Fsp3) is 1.00. The van der Waals surface area contributed by atoms with Crippen molar-refractivity contribution in [2.75, 3.05) is 6.61 Å². The normalized spacial score (nSPS) is 44.8. The molecule has 0 aromatic rings. The molecule has 0 spiro atoms. The average molecular weight is 223 g/mol. The van der Waals surface area contributed by atoms with E-state index in [-0.39, 0.29) is 0 Å². The highest BCUT2D eigenvalue weighted by Crippen LogP contribution is 2.39. The zero-order valence-corrected chi connectivity index (χ0v) is 10.5. The van der Waals surface area contributed by atoms with Gasteiger partial charge in [0.25, 0.3) is 0 Å². The Morgan fingerprint density at radius 3 is 2.69 bits per heavy atom. The Balaban J connectivity index is 1.52. The van der Waals surface area contributed by atoms with Crippen LogP contribution in [0.3, 0.4) is 0 Å². The molecule has 92 valence electrons. The highest BCUT2D eigenvalue weighted by Gasteiger charge is 2.41. The molecule has 16 heavy (non-hydrogen) atoms. The van der Waals surface area contributed by atoms with Crippen molar-refractivity contribution >= 4 is 0 Å². The summed E-state index contributed by atoms with van der Waals surface area (Å²) >= 11 is 0. The van der Waals surface area contributed by atoms with Crippen LogP contribution in [0.25, 0.3) is 0 Å². The fourth-order valence-corrected chi connectivity index (χ4v) is 3.57. The molecule has 0 amide bonds. The van der Waals surface area contributed by atoms with Gasteiger partial charge in [0, 0.05) is 18.7 Å². The van der Waals surface area contributed by atoms with Crippen LogP contribution < -0.4 is 5.32 Å². The predicted molar refractivity (Wildman–Crippen MR) is 65.4 cm³/mol. The van der Waals surface area contributed by atoms with E-state index in [1.165, 1.54) is 44.9 Å². The molecule has 2 nitrogen and oxygen atoms in total. The van der Waals surface area contributed by atoms with Crippen LogP contribution >= 0.6 is 0 Å². The summed E-state index contributed by atoms with van der Waals surface area (Å²) in [6.45, 7) is 3.39. The first-order valence-electron chi connectivity index (χ1n) is 7.20. The van der Waals surface area contributed by atoms with Gasteiger partial charge in [0.05, 0.1) is 6.10 Å². The van der Waals surface area contributed by atoms with E-state index in [2.05, 4.69) is 12.2 Å². The van der Waals surface area contributed by atoms with E-state index in [1.54, 1.807) is 0 Å². The minimum absolute atomic E-state index is 0.553. The van der Waals surface area contributed by atoms with Crippen LogP contribution in [-0.2, 0) is 4.74 Å². The van der Waals surface area contributed by atoms with Crippen molar-refractivity contribution in [3.05, 3.63) is 0 Å². The molecule has 1 heterocycles. The van der Waals surface area contributed by atoms with E-state index in [1.807, 2.05) is 0 Å². The van der Waals surface area contributed by atoms with Crippen molar-refractivity contribution in [1.82, 2.24) is 5.32 Å². The van der Waals surface area contributed by atoms with Gasteiger partial charge in [-0.2, -0.15) is 0 Å². The predicted octanol–water partition coefficient (Wildman–Crippen LogP) is 2.72. The second-order valence-corrected chi connectivity index (χ2v) is 6.20. The first-order valence-corrected chi connectivity index (χ1v) is 7.20. The molecule has 1 N–H and O–H groups in total. The largest absolute Gasteiger partial charge is 0.376 e. The van der Waals surface area contributed by atoms with E-state index < -0.39 is 0 Å². The van der Waals surface area contributed by atoms with Crippen molar-refractivity contribution in [2.24, 2.45) is 11.8 Å². The molecule has 0 bridgehead atoms. The molecule has 4 atom stereocenters. The monoisotopic (exact) mass is 223 g/mol. The minimum Gasteiger partial charge on any atom is -0.376 e. The van der Waals surface area contributed by atoms with Crippen molar-refractivity contribution in [1.29, 1.82) is 0 Å². The molecule has 0 radical (unpaired) electrons. The Kier molecular flexibility index (Phi) is 3.21. The average Bonchev–Trinajstić information content (AvgIpc) is 3.00. The molecule has 3 rings (SSSR count). The molecular weight excluding hydrogens is 198 g/mol. The number of hydrogen-bond acceptors (Lipinski definition) is 2. The Morgan fingerprint density at radius 1 is 1.06 bits per heavy atom. The third-order valence-corrected chi connectivity index (χ3v) is 4.61. The maximum atomic E-state index is 5.90. The van der Waals surface area contributed by atoms with Crippen molar-refractivity contribution < 1.29 is 4.74 Å². The molecule has 0 aromatic carbocycles. The SMILES string of the molecule is CC1CCCC(NC2CCOC2C2CC2)C1. The lowest BCUT2D eigenvalue weighted by atomic mass is 9.86. The van der Waals surface area contributed by atoms with Gasteiger partial charge in [-0.15, -0.1) is 0 Å². The molecule has 2 aliphatic carbocycles. The minimum atomic E-state index is 0.553. The summed E-state index contributed by atoms with van der Waals surface area (Å²) < 4.78 is 5.90. The molecule has 2 saturated carbocycles. The first-order chi connectivity index (χ1) is 7.83. The van der Waals surface area contributed by atoms with E-state index in [0.717, 1.165) is 24.5 Å². The third kappa shape index (κ3) is 2.43. The van der Waals surface area contributed by atoms with Crippen molar-refractivity contribution in [3.8, 4) is 0 Å². The number of rotatable bonds is 3. The lowest BCUT2D eigenvalue weighted by Crippen LogP contribution is -2.45. The highest BCUT2D eigenvalue weighted by molar-refractivity contribution is 4.95. The molecule has 3 aliphatic rings. The molecule has 0 aromatic heterocycles. The van der Waals surface area contributed by atoms with Crippen LogP contribution in [-0.4, -0.2) is 24.8 Å². The van der Waals surface area contributed by atoms with E-state index in [0.29, 0.717) is 12.1 Å². The second kappa shape index (κ2) is 4.66. The van der Waals surface area contributed by atoms with Gasteiger partial charge in [0.1, 0.15) is 0 Å². The van der Waals surface area contributed by atoms with Crippen LogP contribution in [0.4, 0.5) is 0 Å². The van der Waals surface area contributed by atoms with Crippen molar-refractivity contribution in [3.63, 3.8) is 0 Å². The maximum absolute atomic E-state index is 5.90. The summed E-state index contributed by atoms with van der Waals surface area (Å²) in [4.78, 5) is 0. The van der Waals surface area contributed by atoms with Gasteiger partial charge in [-0.3, -0.25) is 0 Å². The lowest BCUT2D eigenvalue weighted by Gasteiger charge is -2.31. The topological polar surface area (TPSA) is 21.3 Å². The molecule has 1 saturated heterocycles. The maximum Gasteiger partial charge on any atom is 0.0757 e. The van der Waals surface area contributed by atoms with Gasteiger partial charge in [-0.05, 0) is 43.9 Å². The third-order valence-electron chi connectivity index (χ3n) is 4.61. The van der Waals surface area contributed by atoms with Crippen LogP contribution in [0.15, 0.2) is 0 Å². The van der Waals surface area contributed by atoms with Gasteiger partial charge >= 0.3 is 0 Å². The first kappa shape index (κ1) is 11.0. The van der Waals surface area contributed by atoms with E-state index in [4.69, 9.17) is 4.74 Å². The van der Waals surface area contributed by atoms with Gasteiger partial charge in [-0.25, -0.2) is 0 Å². The fourth-order valence-electron chi connectivity index (χ4n) is 3.57. The van der Waals surface area contributed by atoms with Crippen LogP contribution in [0.5, 0.6) is 0 Å². The van der Waals surface area contributed by atoms with Crippen LogP contribution in [0.2, 0.25) is 0 Å². The molecule has 4 unspecified atom stereocenters. The van der Waals surface area contributed by atoms with Crippen LogP contribution in [0.1, 0.15) is 51.9 Å². The quantitative estimate of drug-likeness (QED) is 0.794. The summed E-state index contributed by atoms with van der Waals surface area (Å²) in [5, 5.41) is 3.89. The summed E-state index contributed by atoms with van der Waals surface area (Å²) in [6.07, 6.45) is 10.2. The Labute approximate surface area is 99.1 Å². The smallest absolute Gasteiger partial charge is 0.0757 e. The summed E-state index contributed by atoms with van der Waals surface area (Å²) in [7, 11) is 0. The zero-order chi connectivity index (χ0) is 11.0. The lowest BCUT2D eigenvalue weighted by molar-refractivity contribution is 0.0767. The van der Waals surface area contributed by atoms with Crippen LogP contribution in [0, 0.1) is 11.8 Å². The molecule has 1 aliphatic heterocycles. The van der Waals surface area contributed by atoms with Gasteiger partial charge in [-0.1, -0.05) is 19.8 Å². The molecular formula is C14H25NO. The highest BCUT2D eigenvalue weighted by atomic mass is 16.5. The number of nitrogens with one attached hydrogen (secondary N) is 1. The Morgan fingerprint density at radius 2 is 1.94 bits per heavy atom. The van der Waals surface area contributed by atoms with E-state index >= 15 is 0 Å². The number of ether oxygens (including phenoxy) is 1. The summed E-state index contributed by atoms with van der Waals surface area (Å²) in [5.74, 6) is 1.81. The number of hydrogen-bond donors (Lipinski definition) is 1. The second-order valence-electron chi connectivity index (χ2n) is 6.20. The standard InChI is InChI=1S/C14H25NO/c1-10-3-2-4-12(9-10)15-13-7-8-16-14(13)11-5-6-11/h10-15H,2-9H2,1H3. The summed E-state index contributed by atoms with van der Waals surface area (Å²) in [5.41, 5.74) is 0. The van der Waals surface area contributed by atoms with Gasteiger partial charge in [0.15, 0.2) is 0 Å². The van der Waals surface area contributed by atoms with Gasteiger partial charge in [0.2, 0.25) is 0 Å². The van der Waals surface area contributed by atoms with Crippen molar-refractivity contribution in [2.45, 2.75) is 70.1 Å². The summed E-state index contributed by atoms with van der Waals surface area (Å²) in [6, 6.07) is 1.44. The molecule has 3 fully saturated rings. The molecule has 2 heteroatoms.